The fourth-order valence-electron chi connectivity index (χ4n) is 3.24. The molecule has 34 heavy (non-hydrogen) atoms. The Hall–Kier alpha value is -4.20. The van der Waals surface area contributed by atoms with Gasteiger partial charge in [-0.15, -0.1) is 0 Å². The third kappa shape index (κ3) is 6.90. The minimum atomic E-state index is -1.04. The first-order valence-corrected chi connectivity index (χ1v) is 11.0. The number of para-hydroxylation sites is 1. The summed E-state index contributed by atoms with van der Waals surface area (Å²) in [5, 5.41) is 20.3. The predicted octanol–water partition coefficient (Wildman–Crippen LogP) is 4.46. The van der Waals surface area contributed by atoms with Crippen LogP contribution in [0.2, 0.25) is 0 Å². The number of carboxylic acids is 1. The van der Waals surface area contributed by atoms with Crippen molar-refractivity contribution in [2.24, 2.45) is 5.73 Å². The lowest BCUT2D eigenvalue weighted by atomic mass is 10.1. The van der Waals surface area contributed by atoms with Crippen LogP contribution in [0.4, 0.5) is 5.69 Å². The van der Waals surface area contributed by atoms with Gasteiger partial charge in [0.2, 0.25) is 0 Å². The highest BCUT2D eigenvalue weighted by molar-refractivity contribution is 5.95. The maximum absolute atomic E-state index is 12.0. The Morgan fingerprint density at radius 3 is 2.32 bits per heavy atom. The summed E-state index contributed by atoms with van der Waals surface area (Å²) in [6.07, 6.45) is 0.678. The molecular formula is C26H29N3O5. The van der Waals surface area contributed by atoms with Gasteiger partial charge in [-0.05, 0) is 61.0 Å². The fraction of sp³-hybridized carbons (Fsp3) is 0.231. The largest absolute Gasteiger partial charge is 0.493 e. The number of nitrogens with one attached hydrogen (secondary N) is 2. The number of hydrogen-bond acceptors (Lipinski definition) is 6. The molecule has 0 unspecified atom stereocenters. The number of anilines is 1. The van der Waals surface area contributed by atoms with Crippen LogP contribution in [0, 0.1) is 5.41 Å². The van der Waals surface area contributed by atoms with Crippen molar-refractivity contribution in [2.75, 3.05) is 25.1 Å². The first-order chi connectivity index (χ1) is 16.5. The first kappa shape index (κ1) is 24.4. The quantitative estimate of drug-likeness (QED) is 0.167. The van der Waals surface area contributed by atoms with Gasteiger partial charge in [-0.3, -0.25) is 5.41 Å². The highest BCUT2D eigenvalue weighted by Crippen LogP contribution is 2.32. The Morgan fingerprint density at radius 2 is 1.68 bits per heavy atom. The zero-order valence-corrected chi connectivity index (χ0v) is 19.0. The molecule has 8 nitrogen and oxygen atoms in total. The van der Waals surface area contributed by atoms with Crippen LogP contribution >= 0.6 is 0 Å². The molecule has 3 aromatic carbocycles. The third-order valence-electron chi connectivity index (χ3n) is 4.91. The second-order valence-electron chi connectivity index (χ2n) is 7.41. The third-order valence-corrected chi connectivity index (χ3v) is 4.91. The average Bonchev–Trinajstić information content (AvgIpc) is 2.84. The summed E-state index contributed by atoms with van der Waals surface area (Å²) in [5.41, 5.74) is 7.15. The average molecular weight is 464 g/mol. The van der Waals surface area contributed by atoms with Gasteiger partial charge in [-0.1, -0.05) is 24.3 Å². The highest BCUT2D eigenvalue weighted by atomic mass is 16.5. The van der Waals surface area contributed by atoms with E-state index in [9.17, 15) is 9.90 Å². The van der Waals surface area contributed by atoms with Gasteiger partial charge in [0.15, 0.2) is 17.5 Å². The van der Waals surface area contributed by atoms with Crippen LogP contribution in [-0.2, 0) is 4.79 Å². The number of hydrogen-bond donors (Lipinski definition) is 4. The summed E-state index contributed by atoms with van der Waals surface area (Å²) < 4.78 is 17.3. The molecule has 0 saturated heterocycles. The van der Waals surface area contributed by atoms with E-state index in [4.69, 9.17) is 25.4 Å². The maximum Gasteiger partial charge on any atom is 0.330 e. The lowest BCUT2D eigenvalue weighted by Crippen LogP contribution is -2.21. The summed E-state index contributed by atoms with van der Waals surface area (Å²) >= 11 is 0. The maximum atomic E-state index is 12.0. The second kappa shape index (κ2) is 12.2. The number of rotatable bonds is 13. The van der Waals surface area contributed by atoms with E-state index in [2.05, 4.69) is 5.32 Å². The van der Waals surface area contributed by atoms with E-state index in [-0.39, 0.29) is 5.84 Å². The van der Waals surface area contributed by atoms with Crippen LogP contribution in [-0.4, -0.2) is 36.7 Å². The standard InChI is InChI=1S/C26H29N3O5/c1-2-32-23-17-19(24(26(30)31)29-20-12-9-18(10-13-20)25(27)28)11-14-22(23)34-16-6-15-33-21-7-4-3-5-8-21/h3-5,7-14,17,24,29H,2,6,15-16H2,1H3,(H3,27,28)(H,30,31)/t24-/m1/s1. The molecule has 178 valence electrons. The molecule has 0 saturated carbocycles. The van der Waals surface area contributed by atoms with Gasteiger partial charge >= 0.3 is 5.97 Å². The van der Waals surface area contributed by atoms with E-state index in [1.165, 1.54) is 0 Å². The Morgan fingerprint density at radius 1 is 0.971 bits per heavy atom. The van der Waals surface area contributed by atoms with E-state index in [1.807, 2.05) is 37.3 Å². The van der Waals surface area contributed by atoms with Crippen molar-refractivity contribution in [3.05, 3.63) is 83.9 Å². The van der Waals surface area contributed by atoms with Crippen LogP contribution in [0.25, 0.3) is 0 Å². The number of ether oxygens (including phenoxy) is 3. The molecule has 0 amide bonds. The Balaban J connectivity index is 1.65. The minimum Gasteiger partial charge on any atom is -0.493 e. The van der Waals surface area contributed by atoms with Crippen molar-refractivity contribution in [3.63, 3.8) is 0 Å². The lowest BCUT2D eigenvalue weighted by Gasteiger charge is -2.19. The molecule has 0 aromatic heterocycles. The molecule has 0 radical (unpaired) electrons. The molecule has 8 heteroatoms. The zero-order chi connectivity index (χ0) is 24.3. The van der Waals surface area contributed by atoms with Gasteiger partial charge in [-0.2, -0.15) is 0 Å². The number of carboxylic acid groups (broad SMARTS) is 1. The molecule has 5 N–H and O–H groups in total. The topological polar surface area (TPSA) is 127 Å². The van der Waals surface area contributed by atoms with Crippen molar-refractivity contribution in [3.8, 4) is 17.2 Å². The number of nitrogens with two attached hydrogens (primary N) is 1. The lowest BCUT2D eigenvalue weighted by molar-refractivity contribution is -0.138. The predicted molar refractivity (Wildman–Crippen MR) is 131 cm³/mol. The number of benzene rings is 3. The summed E-state index contributed by atoms with van der Waals surface area (Å²) in [6, 6.07) is 20.4. The monoisotopic (exact) mass is 463 g/mol. The highest BCUT2D eigenvalue weighted by Gasteiger charge is 2.22. The first-order valence-electron chi connectivity index (χ1n) is 11.0. The Kier molecular flexibility index (Phi) is 8.73. The van der Waals surface area contributed by atoms with E-state index in [1.54, 1.807) is 42.5 Å². The Labute approximate surface area is 198 Å². The smallest absolute Gasteiger partial charge is 0.330 e. The van der Waals surface area contributed by atoms with Crippen molar-refractivity contribution in [2.45, 2.75) is 19.4 Å². The van der Waals surface area contributed by atoms with E-state index < -0.39 is 12.0 Å². The van der Waals surface area contributed by atoms with Gasteiger partial charge in [0, 0.05) is 17.7 Å². The molecule has 0 heterocycles. The van der Waals surface area contributed by atoms with Crippen molar-refractivity contribution in [1.82, 2.24) is 0 Å². The van der Waals surface area contributed by atoms with Crippen molar-refractivity contribution < 1.29 is 24.1 Å². The number of amidine groups is 1. The molecule has 0 fully saturated rings. The normalized spacial score (nSPS) is 11.3. The molecule has 3 rings (SSSR count). The molecule has 0 aliphatic rings. The molecule has 0 aliphatic carbocycles. The van der Waals surface area contributed by atoms with Gasteiger partial charge in [0.05, 0.1) is 19.8 Å². The van der Waals surface area contributed by atoms with Gasteiger partial charge < -0.3 is 30.4 Å². The fourth-order valence-corrected chi connectivity index (χ4v) is 3.24. The van der Waals surface area contributed by atoms with Crippen LogP contribution in [0.3, 0.4) is 0 Å². The SMILES string of the molecule is CCOc1cc([C@@H](Nc2ccc(C(=N)N)cc2)C(=O)O)ccc1OCCCOc1ccccc1. The molecule has 1 atom stereocenters. The number of aliphatic carboxylic acids is 1. The summed E-state index contributed by atoms with van der Waals surface area (Å²) in [6.45, 7) is 3.21. The van der Waals surface area contributed by atoms with Crippen molar-refractivity contribution >= 4 is 17.5 Å². The summed E-state index contributed by atoms with van der Waals surface area (Å²) in [4.78, 5) is 12.0. The van der Waals surface area contributed by atoms with Crippen LogP contribution < -0.4 is 25.3 Å². The molecule has 0 bridgehead atoms. The minimum absolute atomic E-state index is 0.0510. The van der Waals surface area contributed by atoms with Crippen LogP contribution in [0.1, 0.15) is 30.5 Å². The van der Waals surface area contributed by atoms with Gasteiger partial charge in [0.1, 0.15) is 11.6 Å². The van der Waals surface area contributed by atoms with E-state index in [0.717, 1.165) is 5.75 Å². The molecular weight excluding hydrogens is 434 g/mol. The number of carbonyl (C=O) groups is 1. The van der Waals surface area contributed by atoms with E-state index in [0.29, 0.717) is 54.6 Å². The number of nitrogen functional groups attached to an aromatic ring is 1. The van der Waals surface area contributed by atoms with Crippen LogP contribution in [0.5, 0.6) is 17.2 Å². The van der Waals surface area contributed by atoms with Crippen molar-refractivity contribution in [1.29, 1.82) is 5.41 Å². The molecule has 3 aromatic rings. The van der Waals surface area contributed by atoms with E-state index >= 15 is 0 Å². The Bertz CT molecular complexity index is 1090. The molecule has 0 spiro atoms. The van der Waals surface area contributed by atoms with Gasteiger partial charge in [0.25, 0.3) is 0 Å². The summed E-state index contributed by atoms with van der Waals surface area (Å²) in [5.74, 6) is 0.740. The summed E-state index contributed by atoms with van der Waals surface area (Å²) in [7, 11) is 0. The van der Waals surface area contributed by atoms with Crippen LogP contribution in [0.15, 0.2) is 72.8 Å². The zero-order valence-electron chi connectivity index (χ0n) is 19.0. The second-order valence-corrected chi connectivity index (χ2v) is 7.41. The molecule has 0 aliphatic heterocycles. The van der Waals surface area contributed by atoms with Gasteiger partial charge in [-0.25, -0.2) is 4.79 Å².